The van der Waals surface area contributed by atoms with E-state index in [4.69, 9.17) is 16.3 Å². The highest BCUT2D eigenvalue weighted by atomic mass is 35.5. The molecule has 1 saturated carbocycles. The maximum absolute atomic E-state index is 11.9. The van der Waals surface area contributed by atoms with Gasteiger partial charge >= 0.3 is 0 Å². The summed E-state index contributed by atoms with van der Waals surface area (Å²) in [6.45, 7) is 0.930. The minimum absolute atomic E-state index is 0.0462. The zero-order chi connectivity index (χ0) is 22.7. The largest absolute Gasteiger partial charge is 0.506 e. The molecule has 32 heavy (non-hydrogen) atoms. The zero-order valence-electron chi connectivity index (χ0n) is 18.2. The van der Waals surface area contributed by atoms with Crippen LogP contribution in [0.1, 0.15) is 43.6 Å². The summed E-state index contributed by atoms with van der Waals surface area (Å²) in [6.07, 6.45) is 7.51. The monoisotopic (exact) mass is 479 g/mol. The van der Waals surface area contributed by atoms with Gasteiger partial charge in [-0.1, -0.05) is 41.9 Å². The van der Waals surface area contributed by atoms with Crippen molar-refractivity contribution in [3.8, 4) is 5.75 Å². The first-order chi connectivity index (χ1) is 15.3. The summed E-state index contributed by atoms with van der Waals surface area (Å²) in [5.41, 5.74) is 1.38. The number of hydrogen-bond donors (Lipinski definition) is 2. The minimum Gasteiger partial charge on any atom is -0.506 e. The molecule has 2 N–H and O–H groups in total. The number of aromatic nitrogens is 1. The van der Waals surface area contributed by atoms with Gasteiger partial charge in [0.2, 0.25) is 10.0 Å². The first-order valence-electron chi connectivity index (χ1n) is 11.1. The Balaban J connectivity index is 1.43. The fourth-order valence-electron chi connectivity index (χ4n) is 4.88. The summed E-state index contributed by atoms with van der Waals surface area (Å²) in [5, 5.41) is 10.2. The molecule has 0 amide bonds. The summed E-state index contributed by atoms with van der Waals surface area (Å²) in [7, 11) is -3.38. The SMILES string of the molecule is CS(=O)(=O)N[C@H]1CCN(c2nccc(O)c2Cl)[C@H]1CO[C@H]1CC[C@@H](c2ccccc2)CC1. The number of benzene rings is 1. The molecule has 2 aliphatic rings. The number of halogens is 1. The van der Waals surface area contributed by atoms with E-state index in [1.54, 1.807) is 0 Å². The molecule has 2 atom stereocenters. The third kappa shape index (κ3) is 5.54. The molecular weight excluding hydrogens is 450 g/mol. The number of aromatic hydroxyl groups is 1. The molecule has 1 aliphatic heterocycles. The van der Waals surface area contributed by atoms with Crippen molar-refractivity contribution in [2.45, 2.75) is 56.2 Å². The molecule has 2 heterocycles. The maximum Gasteiger partial charge on any atom is 0.209 e. The zero-order valence-corrected chi connectivity index (χ0v) is 19.7. The van der Waals surface area contributed by atoms with Gasteiger partial charge in [0.15, 0.2) is 5.82 Å². The van der Waals surface area contributed by atoms with Gasteiger partial charge < -0.3 is 14.7 Å². The van der Waals surface area contributed by atoms with Crippen molar-refractivity contribution in [3.05, 3.63) is 53.2 Å². The van der Waals surface area contributed by atoms with Crippen molar-refractivity contribution in [3.63, 3.8) is 0 Å². The Hall–Kier alpha value is -1.87. The smallest absolute Gasteiger partial charge is 0.209 e. The van der Waals surface area contributed by atoms with E-state index < -0.39 is 10.0 Å². The van der Waals surface area contributed by atoms with Gasteiger partial charge in [0, 0.05) is 18.8 Å². The number of pyridine rings is 1. The summed E-state index contributed by atoms with van der Waals surface area (Å²) >= 11 is 6.31. The second-order valence-electron chi connectivity index (χ2n) is 8.73. The number of nitrogens with zero attached hydrogens (tertiary/aromatic N) is 2. The molecule has 174 valence electrons. The number of nitrogens with one attached hydrogen (secondary N) is 1. The van der Waals surface area contributed by atoms with E-state index in [2.05, 4.69) is 34.0 Å². The highest BCUT2D eigenvalue weighted by Gasteiger charge is 2.38. The summed E-state index contributed by atoms with van der Waals surface area (Å²) in [5.74, 6) is 0.968. The lowest BCUT2D eigenvalue weighted by atomic mass is 9.83. The molecular formula is C23H30ClN3O4S. The van der Waals surface area contributed by atoms with Crippen LogP contribution < -0.4 is 9.62 Å². The van der Waals surface area contributed by atoms with Crippen LogP contribution in [0.2, 0.25) is 5.02 Å². The van der Waals surface area contributed by atoms with Gasteiger partial charge in [-0.2, -0.15) is 0 Å². The predicted molar refractivity (Wildman–Crippen MR) is 126 cm³/mol. The van der Waals surface area contributed by atoms with Gasteiger partial charge in [0.1, 0.15) is 10.8 Å². The number of rotatable bonds is 7. The van der Waals surface area contributed by atoms with E-state index in [-0.39, 0.29) is 29.0 Å². The number of hydrogen-bond acceptors (Lipinski definition) is 6. The Bertz CT molecular complexity index is 1010. The van der Waals surface area contributed by atoms with Gasteiger partial charge in [0.05, 0.1) is 25.0 Å². The van der Waals surface area contributed by atoms with Crippen molar-refractivity contribution < 1.29 is 18.3 Å². The Morgan fingerprint density at radius 2 is 1.88 bits per heavy atom. The van der Waals surface area contributed by atoms with Crippen molar-refractivity contribution in [1.82, 2.24) is 9.71 Å². The summed E-state index contributed by atoms with van der Waals surface area (Å²) in [4.78, 5) is 6.29. The first-order valence-corrected chi connectivity index (χ1v) is 13.3. The van der Waals surface area contributed by atoms with Crippen LogP contribution in [0.3, 0.4) is 0 Å². The second kappa shape index (κ2) is 9.95. The van der Waals surface area contributed by atoms with E-state index in [1.165, 1.54) is 17.8 Å². The lowest BCUT2D eigenvalue weighted by Crippen LogP contribution is -2.48. The standard InChI is InChI=1S/C23H30ClN3O4S/c1-32(29,30)26-19-12-14-27(23-22(24)21(28)11-13-25-23)20(19)15-31-18-9-7-17(8-10-18)16-5-3-2-4-6-16/h2-6,11,13,17-20,26H,7-10,12,14-15H2,1H3,(H,25,28)/t17-,18+,19-,20-/m0/s1. The molecule has 2 aromatic rings. The fourth-order valence-corrected chi connectivity index (χ4v) is 5.93. The normalized spacial score (nSPS) is 26.4. The molecule has 9 heteroatoms. The molecule has 0 spiro atoms. The Morgan fingerprint density at radius 1 is 1.16 bits per heavy atom. The van der Waals surface area contributed by atoms with Crippen LogP contribution in [0, 0.1) is 0 Å². The van der Waals surface area contributed by atoms with Crippen LogP contribution in [0.25, 0.3) is 0 Å². The molecule has 1 saturated heterocycles. The minimum atomic E-state index is -3.38. The molecule has 4 rings (SSSR count). The van der Waals surface area contributed by atoms with E-state index in [9.17, 15) is 13.5 Å². The van der Waals surface area contributed by atoms with Gasteiger partial charge in [0.25, 0.3) is 0 Å². The van der Waals surface area contributed by atoms with Gasteiger partial charge in [-0.05, 0) is 49.7 Å². The Kier molecular flexibility index (Phi) is 7.24. The van der Waals surface area contributed by atoms with Crippen LogP contribution >= 0.6 is 11.6 Å². The van der Waals surface area contributed by atoms with E-state index in [0.717, 1.165) is 31.9 Å². The van der Waals surface area contributed by atoms with Gasteiger partial charge in [-0.15, -0.1) is 0 Å². The third-order valence-corrected chi connectivity index (χ3v) is 7.58. The fraction of sp³-hybridized carbons (Fsp3) is 0.522. The molecule has 1 aromatic carbocycles. The highest BCUT2D eigenvalue weighted by molar-refractivity contribution is 7.88. The van der Waals surface area contributed by atoms with Crippen molar-refractivity contribution in [2.75, 3.05) is 24.3 Å². The lowest BCUT2D eigenvalue weighted by Gasteiger charge is -2.33. The van der Waals surface area contributed by atoms with Crippen LogP contribution in [-0.2, 0) is 14.8 Å². The maximum atomic E-state index is 11.9. The van der Waals surface area contributed by atoms with Crippen molar-refractivity contribution in [1.29, 1.82) is 0 Å². The van der Waals surface area contributed by atoms with Crippen LogP contribution in [0.4, 0.5) is 5.82 Å². The average molecular weight is 480 g/mol. The molecule has 0 radical (unpaired) electrons. The number of sulfonamides is 1. The van der Waals surface area contributed by atoms with E-state index >= 15 is 0 Å². The molecule has 0 unspecified atom stereocenters. The van der Waals surface area contributed by atoms with E-state index in [1.807, 2.05) is 11.0 Å². The van der Waals surface area contributed by atoms with Crippen molar-refractivity contribution in [2.24, 2.45) is 0 Å². The Morgan fingerprint density at radius 3 is 2.56 bits per heavy atom. The quantitative estimate of drug-likeness (QED) is 0.629. The van der Waals surface area contributed by atoms with Crippen molar-refractivity contribution >= 4 is 27.4 Å². The molecule has 0 bridgehead atoms. The van der Waals surface area contributed by atoms with Gasteiger partial charge in [-0.25, -0.2) is 18.1 Å². The predicted octanol–water partition coefficient (Wildman–Crippen LogP) is 3.68. The topological polar surface area (TPSA) is 91.8 Å². The average Bonchev–Trinajstić information content (AvgIpc) is 3.15. The number of anilines is 1. The van der Waals surface area contributed by atoms with E-state index in [0.29, 0.717) is 31.3 Å². The van der Waals surface area contributed by atoms with Crippen LogP contribution in [0.15, 0.2) is 42.6 Å². The Labute approximate surface area is 194 Å². The summed E-state index contributed by atoms with van der Waals surface area (Å²) in [6, 6.07) is 11.5. The lowest BCUT2D eigenvalue weighted by molar-refractivity contribution is 0.0156. The molecule has 2 fully saturated rings. The van der Waals surface area contributed by atoms with Gasteiger partial charge in [-0.3, -0.25) is 0 Å². The molecule has 1 aliphatic carbocycles. The first kappa shape index (κ1) is 23.3. The highest BCUT2D eigenvalue weighted by Crippen LogP contribution is 2.37. The third-order valence-electron chi connectivity index (χ3n) is 6.48. The molecule has 1 aromatic heterocycles. The summed E-state index contributed by atoms with van der Waals surface area (Å²) < 4.78 is 32.9. The number of ether oxygens (including phenoxy) is 1. The van der Waals surface area contributed by atoms with Crippen LogP contribution in [-0.4, -0.2) is 56.1 Å². The second-order valence-corrected chi connectivity index (χ2v) is 10.9. The van der Waals surface area contributed by atoms with Crippen LogP contribution in [0.5, 0.6) is 5.75 Å². The molecule has 7 nitrogen and oxygen atoms in total.